The highest BCUT2D eigenvalue weighted by Gasteiger charge is 2.31. The van der Waals surface area contributed by atoms with E-state index in [1.54, 1.807) is 18.2 Å². The van der Waals surface area contributed by atoms with Crippen LogP contribution >= 0.6 is 0 Å². The molecule has 21 heavy (non-hydrogen) atoms. The van der Waals surface area contributed by atoms with Gasteiger partial charge in [-0.15, -0.1) is 0 Å². The molecule has 0 fully saturated rings. The first-order valence-electron chi connectivity index (χ1n) is 6.92. The Morgan fingerprint density at radius 2 is 1.62 bits per heavy atom. The number of aliphatic imine (C=N–C) groups is 1. The molecule has 104 valence electrons. The third-order valence-corrected chi connectivity index (χ3v) is 3.53. The van der Waals surface area contributed by atoms with Gasteiger partial charge in [-0.25, -0.2) is 0 Å². The maximum absolute atomic E-state index is 12.5. The SMILES string of the molecule is CCC(=Nc1ccccc1)C1=C(O)c2ccccc2C1=O. The summed E-state index contributed by atoms with van der Waals surface area (Å²) in [7, 11) is 0. The van der Waals surface area contributed by atoms with Gasteiger partial charge in [0, 0.05) is 11.1 Å². The number of aliphatic hydroxyl groups excluding tert-OH is 1. The predicted octanol–water partition coefficient (Wildman–Crippen LogP) is 4.33. The lowest BCUT2D eigenvalue weighted by Gasteiger charge is -2.05. The molecule has 2 aromatic rings. The van der Waals surface area contributed by atoms with Gasteiger partial charge in [0.2, 0.25) is 0 Å². The Morgan fingerprint density at radius 1 is 1.00 bits per heavy atom. The van der Waals surface area contributed by atoms with E-state index in [-0.39, 0.29) is 11.5 Å². The van der Waals surface area contributed by atoms with E-state index in [0.717, 1.165) is 5.69 Å². The minimum absolute atomic E-state index is 0.0344. The van der Waals surface area contributed by atoms with Gasteiger partial charge < -0.3 is 5.11 Å². The number of benzene rings is 2. The van der Waals surface area contributed by atoms with E-state index in [2.05, 4.69) is 4.99 Å². The summed E-state index contributed by atoms with van der Waals surface area (Å²) >= 11 is 0. The lowest BCUT2D eigenvalue weighted by atomic mass is 10.0. The van der Waals surface area contributed by atoms with Crippen LogP contribution in [0.5, 0.6) is 0 Å². The number of carbonyl (C=O) groups is 1. The van der Waals surface area contributed by atoms with Crippen molar-refractivity contribution >= 4 is 22.9 Å². The fourth-order valence-corrected chi connectivity index (χ4v) is 2.50. The van der Waals surface area contributed by atoms with Crippen LogP contribution in [-0.2, 0) is 0 Å². The number of nitrogens with zero attached hydrogens (tertiary/aromatic N) is 1. The number of hydrogen-bond acceptors (Lipinski definition) is 3. The van der Waals surface area contributed by atoms with Crippen molar-refractivity contribution < 1.29 is 9.90 Å². The molecule has 2 aromatic carbocycles. The average molecular weight is 277 g/mol. The summed E-state index contributed by atoms with van der Waals surface area (Å²) in [5.41, 5.74) is 2.84. The van der Waals surface area contributed by atoms with E-state index in [1.165, 1.54) is 0 Å². The number of rotatable bonds is 3. The second-order valence-electron chi connectivity index (χ2n) is 4.85. The van der Waals surface area contributed by atoms with Crippen LogP contribution in [0.3, 0.4) is 0 Å². The minimum Gasteiger partial charge on any atom is -0.506 e. The molecule has 0 atom stereocenters. The zero-order valence-electron chi connectivity index (χ0n) is 11.7. The molecular weight excluding hydrogens is 262 g/mol. The van der Waals surface area contributed by atoms with Crippen LogP contribution in [0.25, 0.3) is 5.76 Å². The zero-order valence-corrected chi connectivity index (χ0v) is 11.7. The second-order valence-corrected chi connectivity index (χ2v) is 4.85. The van der Waals surface area contributed by atoms with Gasteiger partial charge in [-0.2, -0.15) is 0 Å². The molecule has 0 unspecified atom stereocenters. The molecule has 0 aliphatic heterocycles. The third-order valence-electron chi connectivity index (χ3n) is 3.53. The first-order chi connectivity index (χ1) is 10.2. The fourth-order valence-electron chi connectivity index (χ4n) is 2.50. The van der Waals surface area contributed by atoms with Crippen molar-refractivity contribution in [1.29, 1.82) is 0 Å². The molecule has 0 saturated carbocycles. The van der Waals surface area contributed by atoms with Gasteiger partial charge in [0.1, 0.15) is 5.76 Å². The summed E-state index contributed by atoms with van der Waals surface area (Å²) in [6, 6.07) is 16.6. The standard InChI is InChI=1S/C18H15NO2/c1-2-15(19-12-8-4-3-5-9-12)16-17(20)13-10-6-7-11-14(13)18(16)21/h3-11,20H,2H2,1H3. The van der Waals surface area contributed by atoms with Gasteiger partial charge in [0.05, 0.1) is 17.0 Å². The van der Waals surface area contributed by atoms with Gasteiger partial charge in [-0.05, 0) is 18.6 Å². The Kier molecular flexibility index (Phi) is 3.40. The van der Waals surface area contributed by atoms with Crippen molar-refractivity contribution in [3.63, 3.8) is 0 Å². The van der Waals surface area contributed by atoms with Gasteiger partial charge >= 0.3 is 0 Å². The van der Waals surface area contributed by atoms with E-state index < -0.39 is 0 Å². The molecule has 0 saturated heterocycles. The van der Waals surface area contributed by atoms with Crippen molar-refractivity contribution in [2.24, 2.45) is 4.99 Å². The van der Waals surface area contributed by atoms with E-state index in [9.17, 15) is 9.90 Å². The summed E-state index contributed by atoms with van der Waals surface area (Å²) < 4.78 is 0. The molecule has 3 rings (SSSR count). The summed E-state index contributed by atoms with van der Waals surface area (Å²) in [6.45, 7) is 1.93. The van der Waals surface area contributed by atoms with Crippen LogP contribution in [-0.4, -0.2) is 16.6 Å². The third kappa shape index (κ3) is 2.27. The number of carbonyl (C=O) groups excluding carboxylic acids is 1. The van der Waals surface area contributed by atoms with Gasteiger partial charge in [-0.3, -0.25) is 9.79 Å². The van der Waals surface area contributed by atoms with Crippen molar-refractivity contribution in [3.05, 3.63) is 71.3 Å². The topological polar surface area (TPSA) is 49.7 Å². The largest absolute Gasteiger partial charge is 0.506 e. The summed E-state index contributed by atoms with van der Waals surface area (Å²) in [5.74, 6) is -0.119. The van der Waals surface area contributed by atoms with Crippen molar-refractivity contribution in [3.8, 4) is 0 Å². The number of para-hydroxylation sites is 1. The van der Waals surface area contributed by atoms with E-state index in [0.29, 0.717) is 28.8 Å². The van der Waals surface area contributed by atoms with E-state index >= 15 is 0 Å². The molecule has 0 radical (unpaired) electrons. The van der Waals surface area contributed by atoms with Crippen LogP contribution in [0.2, 0.25) is 0 Å². The first kappa shape index (κ1) is 13.3. The predicted molar refractivity (Wildman–Crippen MR) is 84.1 cm³/mol. The molecule has 1 N–H and O–H groups in total. The van der Waals surface area contributed by atoms with Gasteiger partial charge in [-0.1, -0.05) is 49.4 Å². The molecule has 0 bridgehead atoms. The van der Waals surface area contributed by atoms with Crippen LogP contribution in [0, 0.1) is 0 Å². The fraction of sp³-hybridized carbons (Fsp3) is 0.111. The molecule has 1 aliphatic carbocycles. The normalized spacial score (nSPS) is 14.5. The smallest absolute Gasteiger partial charge is 0.199 e. The molecule has 0 spiro atoms. The Labute approximate surface area is 123 Å². The molecule has 3 heteroatoms. The maximum Gasteiger partial charge on any atom is 0.199 e. The number of fused-ring (bicyclic) bond motifs is 1. The number of aliphatic hydroxyl groups is 1. The van der Waals surface area contributed by atoms with Crippen LogP contribution in [0.15, 0.2) is 65.2 Å². The van der Waals surface area contributed by atoms with Crippen molar-refractivity contribution in [2.75, 3.05) is 0 Å². The van der Waals surface area contributed by atoms with Crippen LogP contribution < -0.4 is 0 Å². The minimum atomic E-state index is -0.153. The Bertz CT molecular complexity index is 758. The lowest BCUT2D eigenvalue weighted by molar-refractivity contribution is 0.104. The zero-order chi connectivity index (χ0) is 14.8. The quantitative estimate of drug-likeness (QED) is 0.849. The molecule has 1 aliphatic rings. The lowest BCUT2D eigenvalue weighted by Crippen LogP contribution is -2.09. The number of hydrogen-bond donors (Lipinski definition) is 1. The Balaban J connectivity index is 2.10. The molecule has 0 aromatic heterocycles. The molecule has 0 amide bonds. The number of ketones is 1. The van der Waals surface area contributed by atoms with Crippen LogP contribution in [0.4, 0.5) is 5.69 Å². The number of allylic oxidation sites excluding steroid dienone is 1. The second kappa shape index (κ2) is 5.37. The van der Waals surface area contributed by atoms with Crippen molar-refractivity contribution in [1.82, 2.24) is 0 Å². The highest BCUT2D eigenvalue weighted by molar-refractivity contribution is 6.35. The highest BCUT2D eigenvalue weighted by atomic mass is 16.3. The number of Topliss-reactive ketones (excluding diaryl/α,β-unsaturated/α-hetero) is 1. The van der Waals surface area contributed by atoms with Crippen LogP contribution in [0.1, 0.15) is 29.3 Å². The highest BCUT2D eigenvalue weighted by Crippen LogP contribution is 2.32. The van der Waals surface area contributed by atoms with E-state index in [4.69, 9.17) is 0 Å². The first-order valence-corrected chi connectivity index (χ1v) is 6.92. The molecular formula is C18H15NO2. The molecule has 0 heterocycles. The summed E-state index contributed by atoms with van der Waals surface area (Å²) in [6.07, 6.45) is 0.577. The molecule has 3 nitrogen and oxygen atoms in total. The Morgan fingerprint density at radius 3 is 2.24 bits per heavy atom. The van der Waals surface area contributed by atoms with E-state index in [1.807, 2.05) is 43.3 Å². The van der Waals surface area contributed by atoms with Gasteiger partial charge in [0.15, 0.2) is 5.78 Å². The summed E-state index contributed by atoms with van der Waals surface area (Å²) in [5, 5.41) is 10.4. The summed E-state index contributed by atoms with van der Waals surface area (Å²) in [4.78, 5) is 17.0. The monoisotopic (exact) mass is 277 g/mol. The van der Waals surface area contributed by atoms with Crippen molar-refractivity contribution in [2.45, 2.75) is 13.3 Å². The maximum atomic E-state index is 12.5. The average Bonchev–Trinajstić information content (AvgIpc) is 2.78. The van der Waals surface area contributed by atoms with Gasteiger partial charge in [0.25, 0.3) is 0 Å². The Hall–Kier alpha value is -2.68.